The van der Waals surface area contributed by atoms with Gasteiger partial charge in [-0.1, -0.05) is 63.8 Å². The van der Waals surface area contributed by atoms with Crippen LogP contribution in [-0.2, 0) is 0 Å². The lowest BCUT2D eigenvalue weighted by Gasteiger charge is -2.23. The van der Waals surface area contributed by atoms with Crippen molar-refractivity contribution in [3.63, 3.8) is 0 Å². The van der Waals surface area contributed by atoms with Gasteiger partial charge in [0.1, 0.15) is 0 Å². The molecule has 1 saturated carbocycles. The van der Waals surface area contributed by atoms with Crippen LogP contribution in [0.1, 0.15) is 69.4 Å². The number of rotatable bonds is 1. The van der Waals surface area contributed by atoms with E-state index in [0.29, 0.717) is 0 Å². The molecule has 1 aliphatic carbocycles. The number of benzene rings is 1. The van der Waals surface area contributed by atoms with E-state index >= 15 is 0 Å². The van der Waals surface area contributed by atoms with Crippen LogP contribution in [0.4, 0.5) is 0 Å². The summed E-state index contributed by atoms with van der Waals surface area (Å²) in [5, 5.41) is 0. The molecule has 0 aromatic heterocycles. The van der Waals surface area contributed by atoms with E-state index < -0.39 is 0 Å². The van der Waals surface area contributed by atoms with Crippen LogP contribution in [0.15, 0.2) is 24.3 Å². The smallest absolute Gasteiger partial charge is 0.0159 e. The Labute approximate surface area is 101 Å². The summed E-state index contributed by atoms with van der Waals surface area (Å²) in [4.78, 5) is 0. The van der Waals surface area contributed by atoms with E-state index in [2.05, 4.69) is 45.0 Å². The fourth-order valence-electron chi connectivity index (χ4n) is 2.46. The molecular formula is C16H26. The molecule has 0 heteroatoms. The highest BCUT2D eigenvalue weighted by atomic mass is 14.2. The summed E-state index contributed by atoms with van der Waals surface area (Å²) >= 11 is 0. The van der Waals surface area contributed by atoms with Crippen LogP contribution in [0, 0.1) is 6.92 Å². The van der Waals surface area contributed by atoms with Gasteiger partial charge >= 0.3 is 0 Å². The fraction of sp³-hybridized carbons (Fsp3) is 0.625. The third-order valence-electron chi connectivity index (χ3n) is 3.23. The fourth-order valence-corrected chi connectivity index (χ4v) is 2.46. The van der Waals surface area contributed by atoms with Crippen molar-refractivity contribution in [1.82, 2.24) is 0 Å². The monoisotopic (exact) mass is 218 g/mol. The molecule has 2 rings (SSSR count). The molecule has 0 radical (unpaired) electrons. The molecular weight excluding hydrogens is 192 g/mol. The van der Waals surface area contributed by atoms with Crippen molar-refractivity contribution in [2.75, 3.05) is 0 Å². The first-order valence-electron chi connectivity index (χ1n) is 6.85. The third kappa shape index (κ3) is 4.00. The second-order valence-corrected chi connectivity index (χ2v) is 4.90. The number of hydrogen-bond donors (Lipinski definition) is 0. The van der Waals surface area contributed by atoms with Crippen molar-refractivity contribution in [2.24, 2.45) is 0 Å². The van der Waals surface area contributed by atoms with E-state index in [0.717, 1.165) is 5.92 Å². The molecule has 0 nitrogen and oxygen atoms in total. The zero-order valence-corrected chi connectivity index (χ0v) is 11.1. The Morgan fingerprint density at radius 2 is 1.56 bits per heavy atom. The minimum absolute atomic E-state index is 0.856. The minimum Gasteiger partial charge on any atom is -0.0656 e. The molecule has 1 aromatic carbocycles. The normalized spacial score (nSPS) is 16.4. The highest BCUT2D eigenvalue weighted by molar-refractivity contribution is 5.29. The van der Waals surface area contributed by atoms with Gasteiger partial charge in [-0.2, -0.15) is 0 Å². The first-order chi connectivity index (χ1) is 7.79. The molecule has 1 fully saturated rings. The average Bonchev–Trinajstić information content (AvgIpc) is 2.32. The Hall–Kier alpha value is -0.780. The molecule has 0 spiro atoms. The lowest BCUT2D eigenvalue weighted by atomic mass is 9.82. The Bertz CT molecular complexity index is 282. The second-order valence-electron chi connectivity index (χ2n) is 4.90. The number of hydrogen-bond acceptors (Lipinski definition) is 0. The molecule has 0 aliphatic heterocycles. The van der Waals surface area contributed by atoms with Gasteiger partial charge in [0.15, 0.2) is 0 Å². The van der Waals surface area contributed by atoms with Gasteiger partial charge in [0, 0.05) is 0 Å². The van der Waals surface area contributed by atoms with Crippen molar-refractivity contribution in [1.29, 1.82) is 0 Å². The lowest BCUT2D eigenvalue weighted by molar-refractivity contribution is 0.442. The molecule has 90 valence electrons. The highest BCUT2D eigenvalue weighted by Gasteiger charge is 2.16. The summed E-state index contributed by atoms with van der Waals surface area (Å²) in [6.07, 6.45) is 8.37. The molecule has 0 bridgehead atoms. The summed E-state index contributed by atoms with van der Waals surface area (Å²) in [5.41, 5.74) is 3.08. The Kier molecular flexibility index (Phi) is 6.22. The van der Waals surface area contributed by atoms with E-state index in [1.807, 2.05) is 0 Å². The maximum Gasteiger partial charge on any atom is -0.0159 e. The maximum absolute atomic E-state index is 2.31. The van der Waals surface area contributed by atoms with Crippen LogP contribution in [0.25, 0.3) is 0 Å². The van der Waals surface area contributed by atoms with Gasteiger partial charge in [-0.15, -0.1) is 0 Å². The predicted octanol–water partition coefficient (Wildman–Crippen LogP) is 5.46. The van der Waals surface area contributed by atoms with Crippen molar-refractivity contribution >= 4 is 0 Å². The molecule has 0 saturated heterocycles. The van der Waals surface area contributed by atoms with Crippen LogP contribution in [-0.4, -0.2) is 0 Å². The van der Waals surface area contributed by atoms with E-state index in [1.54, 1.807) is 5.56 Å². The summed E-state index contributed by atoms with van der Waals surface area (Å²) in [6, 6.07) is 8.87. The van der Waals surface area contributed by atoms with Gasteiger partial charge in [0.05, 0.1) is 0 Å². The van der Waals surface area contributed by atoms with Gasteiger partial charge in [0.25, 0.3) is 0 Å². The summed E-state index contributed by atoms with van der Waals surface area (Å²) < 4.78 is 0. The molecule has 0 N–H and O–H groups in total. The van der Waals surface area contributed by atoms with Gasteiger partial charge in [-0.3, -0.25) is 0 Å². The molecule has 16 heavy (non-hydrogen) atoms. The van der Waals surface area contributed by atoms with Crippen molar-refractivity contribution in [3.05, 3.63) is 35.4 Å². The van der Waals surface area contributed by atoms with E-state index in [1.165, 1.54) is 44.1 Å². The van der Waals surface area contributed by atoms with Crippen molar-refractivity contribution < 1.29 is 0 Å². The van der Waals surface area contributed by atoms with Gasteiger partial charge in [0.2, 0.25) is 0 Å². The van der Waals surface area contributed by atoms with Crippen molar-refractivity contribution in [3.8, 4) is 0 Å². The van der Waals surface area contributed by atoms with Gasteiger partial charge < -0.3 is 0 Å². The molecule has 1 aliphatic rings. The quantitative estimate of drug-likeness (QED) is 0.587. The molecule has 1 aromatic rings. The van der Waals surface area contributed by atoms with E-state index in [-0.39, 0.29) is 0 Å². The third-order valence-corrected chi connectivity index (χ3v) is 3.23. The Balaban J connectivity index is 0.000000386. The zero-order valence-electron chi connectivity index (χ0n) is 11.1. The predicted molar refractivity (Wildman–Crippen MR) is 73.0 cm³/mol. The molecule has 0 unspecified atom stereocenters. The van der Waals surface area contributed by atoms with Crippen LogP contribution in [0.2, 0.25) is 0 Å². The molecule has 0 amide bonds. The zero-order chi connectivity index (χ0) is 11.8. The van der Waals surface area contributed by atoms with Crippen molar-refractivity contribution in [2.45, 2.75) is 65.2 Å². The Morgan fingerprint density at radius 1 is 1.00 bits per heavy atom. The van der Waals surface area contributed by atoms with Gasteiger partial charge in [-0.25, -0.2) is 0 Å². The summed E-state index contributed by atoms with van der Waals surface area (Å²) in [6.45, 7) is 6.49. The number of aryl methyl sites for hydroxylation is 1. The lowest BCUT2D eigenvalue weighted by Crippen LogP contribution is -2.05. The van der Waals surface area contributed by atoms with Crippen LogP contribution in [0.3, 0.4) is 0 Å². The van der Waals surface area contributed by atoms with Crippen LogP contribution < -0.4 is 0 Å². The highest BCUT2D eigenvalue weighted by Crippen LogP contribution is 2.33. The first kappa shape index (κ1) is 13.3. The second kappa shape index (κ2) is 7.49. The van der Waals surface area contributed by atoms with Crippen LogP contribution >= 0.6 is 0 Å². The van der Waals surface area contributed by atoms with E-state index in [4.69, 9.17) is 0 Å². The SMILES string of the molecule is CCC.Cc1ccccc1C1CCCCC1. The maximum atomic E-state index is 2.31. The standard InChI is InChI=1S/C13H18.C3H8/c1-11-7-5-6-10-13(11)12-8-3-2-4-9-12;1-3-2/h5-7,10,12H,2-4,8-9H2,1H3;3H2,1-2H3. The minimum atomic E-state index is 0.856. The summed E-state index contributed by atoms with van der Waals surface area (Å²) in [7, 11) is 0. The van der Waals surface area contributed by atoms with E-state index in [9.17, 15) is 0 Å². The molecule has 0 atom stereocenters. The average molecular weight is 218 g/mol. The molecule has 0 heterocycles. The van der Waals surface area contributed by atoms with Gasteiger partial charge in [-0.05, 0) is 36.8 Å². The topological polar surface area (TPSA) is 0 Å². The largest absolute Gasteiger partial charge is 0.0656 e. The Morgan fingerprint density at radius 3 is 2.12 bits per heavy atom. The summed E-state index contributed by atoms with van der Waals surface area (Å²) in [5.74, 6) is 0.856. The first-order valence-corrected chi connectivity index (χ1v) is 6.85. The van der Waals surface area contributed by atoms with Crippen LogP contribution in [0.5, 0.6) is 0 Å².